The third kappa shape index (κ3) is 2.79. The molecule has 136 valence electrons. The Balaban J connectivity index is 1.47. The minimum atomic E-state index is 0.983. The number of rotatable bonds is 2. The van der Waals surface area contributed by atoms with Crippen LogP contribution in [0.5, 0.6) is 0 Å². The zero-order chi connectivity index (χ0) is 19.2. The number of hydrogen-bond donors (Lipinski definition) is 0. The van der Waals surface area contributed by atoms with E-state index in [2.05, 4.69) is 96.0 Å². The number of nitrogens with zero attached hydrogens (tertiary/aromatic N) is 2. The van der Waals surface area contributed by atoms with Gasteiger partial charge in [-0.15, -0.1) is 11.3 Å². The Labute approximate surface area is 172 Å². The molecule has 0 aliphatic heterocycles. The molecule has 0 aliphatic rings. The van der Waals surface area contributed by atoms with E-state index in [9.17, 15) is 0 Å². The lowest BCUT2D eigenvalue weighted by Crippen LogP contribution is -1.88. The number of fused-ring (bicyclic) bond motifs is 4. The van der Waals surface area contributed by atoms with Gasteiger partial charge in [0.1, 0.15) is 0 Å². The molecule has 0 unspecified atom stereocenters. The van der Waals surface area contributed by atoms with Gasteiger partial charge in [-0.3, -0.25) is 0 Å². The largest absolute Gasteiger partial charge is 0.248 e. The maximum absolute atomic E-state index is 4.96. The molecule has 0 saturated carbocycles. The van der Waals surface area contributed by atoms with Gasteiger partial charge in [-0.25, -0.2) is 9.97 Å². The molecule has 0 saturated heterocycles. The number of benzene rings is 4. The molecule has 0 radical (unpaired) electrons. The first-order valence-electron chi connectivity index (χ1n) is 9.58. The molecule has 0 amide bonds. The van der Waals surface area contributed by atoms with E-state index in [4.69, 9.17) is 4.98 Å². The van der Waals surface area contributed by atoms with Crippen LogP contribution < -0.4 is 0 Å². The van der Waals surface area contributed by atoms with Crippen molar-refractivity contribution < 1.29 is 0 Å². The topological polar surface area (TPSA) is 25.8 Å². The minimum Gasteiger partial charge on any atom is -0.248 e. The summed E-state index contributed by atoms with van der Waals surface area (Å²) in [6, 6.07) is 32.1. The summed E-state index contributed by atoms with van der Waals surface area (Å²) in [5.74, 6) is 0. The first kappa shape index (κ1) is 16.4. The Morgan fingerprint density at radius 2 is 1.34 bits per heavy atom. The summed E-state index contributed by atoms with van der Waals surface area (Å²) in [6.07, 6.45) is 0. The van der Waals surface area contributed by atoms with Gasteiger partial charge in [0.25, 0.3) is 0 Å². The maximum atomic E-state index is 4.96. The second-order valence-electron chi connectivity index (χ2n) is 7.17. The summed E-state index contributed by atoms with van der Waals surface area (Å²) in [5.41, 5.74) is 7.15. The minimum absolute atomic E-state index is 0.983. The summed E-state index contributed by atoms with van der Waals surface area (Å²) in [5, 5.41) is 5.07. The van der Waals surface area contributed by atoms with Crippen molar-refractivity contribution in [3.8, 4) is 22.5 Å². The highest BCUT2D eigenvalue weighted by atomic mass is 32.1. The zero-order valence-electron chi connectivity index (χ0n) is 15.5. The molecule has 3 heteroatoms. The van der Waals surface area contributed by atoms with E-state index in [0.29, 0.717) is 0 Å². The molecule has 0 aliphatic carbocycles. The SMILES string of the molecule is c1cc(-c2ccc3c(ccc4ccccc43)c2)nc(-c2ccc3ncsc3c2)c1. The summed E-state index contributed by atoms with van der Waals surface area (Å²) >= 11 is 1.66. The molecule has 0 atom stereocenters. The molecular weight excluding hydrogens is 372 g/mol. The second-order valence-corrected chi connectivity index (χ2v) is 8.05. The molecule has 0 spiro atoms. The van der Waals surface area contributed by atoms with Crippen LogP contribution in [0.4, 0.5) is 0 Å². The first-order valence-corrected chi connectivity index (χ1v) is 10.5. The van der Waals surface area contributed by atoms with Crippen LogP contribution in [0.1, 0.15) is 0 Å². The molecule has 6 rings (SSSR count). The first-order chi connectivity index (χ1) is 14.3. The van der Waals surface area contributed by atoms with Crippen LogP contribution in [0, 0.1) is 0 Å². The molecule has 0 N–H and O–H groups in total. The van der Waals surface area contributed by atoms with E-state index in [1.165, 1.54) is 26.2 Å². The van der Waals surface area contributed by atoms with Crippen LogP contribution in [0.25, 0.3) is 54.3 Å². The summed E-state index contributed by atoms with van der Waals surface area (Å²) in [7, 11) is 0. The average Bonchev–Trinajstić information content (AvgIpc) is 3.27. The summed E-state index contributed by atoms with van der Waals surface area (Å²) in [6.45, 7) is 0. The fourth-order valence-corrected chi connectivity index (χ4v) is 4.66. The molecule has 2 aromatic heterocycles. The van der Waals surface area contributed by atoms with Crippen LogP contribution in [-0.4, -0.2) is 9.97 Å². The van der Waals surface area contributed by atoms with Crippen molar-refractivity contribution in [1.29, 1.82) is 0 Å². The van der Waals surface area contributed by atoms with Crippen LogP contribution >= 0.6 is 11.3 Å². The van der Waals surface area contributed by atoms with Gasteiger partial charge in [-0.1, -0.05) is 60.7 Å². The Morgan fingerprint density at radius 3 is 2.28 bits per heavy atom. The molecule has 2 heterocycles. The number of aromatic nitrogens is 2. The molecular formula is C26H16N2S. The van der Waals surface area contributed by atoms with Crippen molar-refractivity contribution >= 4 is 43.1 Å². The van der Waals surface area contributed by atoms with E-state index < -0.39 is 0 Å². The Morgan fingerprint density at radius 1 is 0.586 bits per heavy atom. The maximum Gasteiger partial charge on any atom is 0.0812 e. The molecule has 4 aromatic carbocycles. The van der Waals surface area contributed by atoms with Crippen LogP contribution in [0.15, 0.2) is 96.5 Å². The molecule has 6 aromatic rings. The molecule has 2 nitrogen and oxygen atoms in total. The van der Waals surface area contributed by atoms with Crippen molar-refractivity contribution in [1.82, 2.24) is 9.97 Å². The van der Waals surface area contributed by atoms with Gasteiger partial charge >= 0.3 is 0 Å². The molecule has 29 heavy (non-hydrogen) atoms. The van der Waals surface area contributed by atoms with Crippen LogP contribution in [0.3, 0.4) is 0 Å². The Bertz CT molecular complexity index is 1510. The third-order valence-corrected chi connectivity index (χ3v) is 6.21. The van der Waals surface area contributed by atoms with E-state index in [1.54, 1.807) is 11.3 Å². The monoisotopic (exact) mass is 388 g/mol. The lowest BCUT2D eigenvalue weighted by Gasteiger charge is -2.08. The fraction of sp³-hybridized carbons (Fsp3) is 0. The quantitative estimate of drug-likeness (QED) is 0.290. The predicted molar refractivity (Wildman–Crippen MR) is 123 cm³/mol. The lowest BCUT2D eigenvalue weighted by atomic mass is 9.99. The van der Waals surface area contributed by atoms with Crippen molar-refractivity contribution in [3.05, 3.63) is 96.5 Å². The van der Waals surface area contributed by atoms with E-state index in [-0.39, 0.29) is 0 Å². The highest BCUT2D eigenvalue weighted by Crippen LogP contribution is 2.31. The van der Waals surface area contributed by atoms with Crippen molar-refractivity contribution in [2.45, 2.75) is 0 Å². The predicted octanol–water partition coefficient (Wildman–Crippen LogP) is 7.33. The van der Waals surface area contributed by atoms with Crippen molar-refractivity contribution in [2.75, 3.05) is 0 Å². The van der Waals surface area contributed by atoms with Gasteiger partial charge in [-0.05, 0) is 51.9 Å². The highest BCUT2D eigenvalue weighted by Gasteiger charge is 2.07. The summed E-state index contributed by atoms with van der Waals surface area (Å²) < 4.78 is 1.19. The smallest absolute Gasteiger partial charge is 0.0812 e. The molecule has 0 fully saturated rings. The van der Waals surface area contributed by atoms with E-state index >= 15 is 0 Å². The lowest BCUT2D eigenvalue weighted by molar-refractivity contribution is 1.33. The van der Waals surface area contributed by atoms with Crippen LogP contribution in [-0.2, 0) is 0 Å². The van der Waals surface area contributed by atoms with Gasteiger partial charge in [-0.2, -0.15) is 0 Å². The highest BCUT2D eigenvalue weighted by molar-refractivity contribution is 7.16. The van der Waals surface area contributed by atoms with Crippen LogP contribution in [0.2, 0.25) is 0 Å². The standard InChI is InChI=1S/C26H16N2S/c1-2-5-21-17(4-1)8-9-18-14-19(10-12-22(18)21)23-6-3-7-24(28-23)20-11-13-25-26(15-20)29-16-27-25/h1-16H. The van der Waals surface area contributed by atoms with Gasteiger partial charge in [0.05, 0.1) is 27.1 Å². The zero-order valence-corrected chi connectivity index (χ0v) is 16.4. The fourth-order valence-electron chi connectivity index (χ4n) is 3.94. The number of hydrogen-bond acceptors (Lipinski definition) is 3. The average molecular weight is 388 g/mol. The summed E-state index contributed by atoms with van der Waals surface area (Å²) in [4.78, 5) is 9.33. The van der Waals surface area contributed by atoms with Gasteiger partial charge < -0.3 is 0 Å². The van der Waals surface area contributed by atoms with Crippen molar-refractivity contribution in [2.24, 2.45) is 0 Å². The third-order valence-electron chi connectivity index (χ3n) is 5.42. The Hall–Kier alpha value is -3.56. The van der Waals surface area contributed by atoms with Gasteiger partial charge in [0, 0.05) is 11.1 Å². The van der Waals surface area contributed by atoms with Gasteiger partial charge in [0.2, 0.25) is 0 Å². The van der Waals surface area contributed by atoms with Gasteiger partial charge in [0.15, 0.2) is 0 Å². The van der Waals surface area contributed by atoms with Crippen molar-refractivity contribution in [3.63, 3.8) is 0 Å². The van der Waals surface area contributed by atoms with E-state index in [0.717, 1.165) is 28.0 Å². The Kier molecular flexibility index (Phi) is 3.68. The molecule has 0 bridgehead atoms. The normalized spacial score (nSPS) is 11.4. The number of pyridine rings is 1. The van der Waals surface area contributed by atoms with E-state index in [1.807, 2.05) is 5.51 Å². The second kappa shape index (κ2) is 6.50. The number of thiazole rings is 1.